The molecule has 0 bridgehead atoms. The smallest absolute Gasteiger partial charge is 0.335 e. The molecule has 2 rings (SSSR count). The van der Waals surface area contributed by atoms with Gasteiger partial charge in [0.2, 0.25) is 0 Å². The highest BCUT2D eigenvalue weighted by atomic mass is 19.1. The Morgan fingerprint density at radius 3 is 2.36 bits per heavy atom. The molecule has 0 aromatic heterocycles. The third-order valence-corrected chi connectivity index (χ3v) is 3.70. The van der Waals surface area contributed by atoms with E-state index in [-0.39, 0.29) is 16.8 Å². The van der Waals surface area contributed by atoms with E-state index in [1.807, 2.05) is 19.9 Å². The lowest BCUT2D eigenvalue weighted by atomic mass is 9.84. The zero-order chi connectivity index (χ0) is 16.2. The maximum absolute atomic E-state index is 13.9. The number of hydrogen-bond acceptors (Lipinski definition) is 2. The fourth-order valence-electron chi connectivity index (χ4n) is 2.39. The first-order valence-electron chi connectivity index (χ1n) is 7.18. The van der Waals surface area contributed by atoms with Gasteiger partial charge in [-0.2, -0.15) is 0 Å². The van der Waals surface area contributed by atoms with Gasteiger partial charge in [-0.05, 0) is 29.3 Å². The summed E-state index contributed by atoms with van der Waals surface area (Å²) in [5.74, 6) is -1.12. The average molecular weight is 301 g/mol. The number of benzene rings is 2. The van der Waals surface area contributed by atoms with Crippen molar-refractivity contribution in [2.45, 2.75) is 25.8 Å². The Bertz CT molecular complexity index is 650. The first kappa shape index (κ1) is 16.2. The normalized spacial score (nSPS) is 11.4. The maximum Gasteiger partial charge on any atom is 0.335 e. The standard InChI is InChI=1S/C18H20FNO2/c1-18(2,15-5-3-4-6-16(15)19)12-20-11-13-7-9-14(10-8-13)17(21)22/h3-10,20H,11-12H2,1-2H3,(H,21,22). The average Bonchev–Trinajstić information content (AvgIpc) is 2.48. The van der Waals surface area contributed by atoms with Gasteiger partial charge in [0.25, 0.3) is 0 Å². The predicted molar refractivity (Wildman–Crippen MR) is 84.5 cm³/mol. The molecule has 0 radical (unpaired) electrons. The van der Waals surface area contributed by atoms with E-state index >= 15 is 0 Å². The fraction of sp³-hybridized carbons (Fsp3) is 0.278. The number of carbonyl (C=O) groups is 1. The van der Waals surface area contributed by atoms with Crippen LogP contribution in [-0.2, 0) is 12.0 Å². The zero-order valence-electron chi connectivity index (χ0n) is 12.8. The van der Waals surface area contributed by atoms with Gasteiger partial charge in [0.15, 0.2) is 0 Å². The second-order valence-corrected chi connectivity index (χ2v) is 5.97. The van der Waals surface area contributed by atoms with Crippen molar-refractivity contribution in [3.05, 3.63) is 71.0 Å². The highest BCUT2D eigenvalue weighted by Gasteiger charge is 2.23. The first-order chi connectivity index (χ1) is 10.4. The van der Waals surface area contributed by atoms with Crippen molar-refractivity contribution in [2.24, 2.45) is 0 Å². The molecule has 0 amide bonds. The highest BCUT2D eigenvalue weighted by molar-refractivity contribution is 5.87. The van der Waals surface area contributed by atoms with Gasteiger partial charge in [-0.25, -0.2) is 9.18 Å². The molecule has 0 aliphatic heterocycles. The molecule has 3 nitrogen and oxygen atoms in total. The van der Waals surface area contributed by atoms with Gasteiger partial charge < -0.3 is 10.4 Å². The lowest BCUT2D eigenvalue weighted by Crippen LogP contribution is -2.33. The summed E-state index contributed by atoms with van der Waals surface area (Å²) in [5.41, 5.74) is 1.63. The van der Waals surface area contributed by atoms with Crippen molar-refractivity contribution in [1.82, 2.24) is 5.32 Å². The Balaban J connectivity index is 1.95. The molecular weight excluding hydrogens is 281 g/mol. The quantitative estimate of drug-likeness (QED) is 0.857. The van der Waals surface area contributed by atoms with Gasteiger partial charge in [0, 0.05) is 18.5 Å². The molecule has 22 heavy (non-hydrogen) atoms. The lowest BCUT2D eigenvalue weighted by molar-refractivity contribution is 0.0697. The largest absolute Gasteiger partial charge is 0.478 e. The van der Waals surface area contributed by atoms with E-state index in [4.69, 9.17) is 5.11 Å². The van der Waals surface area contributed by atoms with Crippen LogP contribution in [0.1, 0.15) is 35.3 Å². The molecule has 0 fully saturated rings. The molecular formula is C18H20FNO2. The van der Waals surface area contributed by atoms with Crippen LogP contribution in [0.3, 0.4) is 0 Å². The Morgan fingerprint density at radius 1 is 1.14 bits per heavy atom. The van der Waals surface area contributed by atoms with Crippen LogP contribution >= 0.6 is 0 Å². The molecule has 116 valence electrons. The predicted octanol–water partition coefficient (Wildman–Crippen LogP) is 3.59. The maximum atomic E-state index is 13.9. The van der Waals surface area contributed by atoms with Crippen LogP contribution in [-0.4, -0.2) is 17.6 Å². The summed E-state index contributed by atoms with van der Waals surface area (Å²) in [5, 5.41) is 12.2. The second-order valence-electron chi connectivity index (χ2n) is 5.97. The van der Waals surface area contributed by atoms with E-state index in [1.165, 1.54) is 6.07 Å². The SMILES string of the molecule is CC(C)(CNCc1ccc(C(=O)O)cc1)c1ccccc1F. The van der Waals surface area contributed by atoms with Crippen molar-refractivity contribution < 1.29 is 14.3 Å². The molecule has 0 saturated carbocycles. The van der Waals surface area contributed by atoms with Crippen molar-refractivity contribution in [3.63, 3.8) is 0 Å². The van der Waals surface area contributed by atoms with Gasteiger partial charge in [0.05, 0.1) is 5.56 Å². The summed E-state index contributed by atoms with van der Waals surface area (Å²) >= 11 is 0. The molecule has 2 N–H and O–H groups in total. The Labute approximate surface area is 129 Å². The minimum Gasteiger partial charge on any atom is -0.478 e. The molecule has 0 atom stereocenters. The van der Waals surface area contributed by atoms with Gasteiger partial charge in [-0.1, -0.05) is 44.2 Å². The number of carboxylic acid groups (broad SMARTS) is 1. The molecule has 0 heterocycles. The number of nitrogens with one attached hydrogen (secondary N) is 1. The van der Waals surface area contributed by atoms with Crippen LogP contribution < -0.4 is 5.32 Å². The fourth-order valence-corrected chi connectivity index (χ4v) is 2.39. The van der Waals surface area contributed by atoms with E-state index in [0.717, 1.165) is 5.56 Å². The van der Waals surface area contributed by atoms with Gasteiger partial charge >= 0.3 is 5.97 Å². The van der Waals surface area contributed by atoms with Crippen molar-refractivity contribution in [2.75, 3.05) is 6.54 Å². The van der Waals surface area contributed by atoms with Gasteiger partial charge in [-0.3, -0.25) is 0 Å². The van der Waals surface area contributed by atoms with E-state index in [1.54, 1.807) is 36.4 Å². The summed E-state index contributed by atoms with van der Waals surface area (Å²) in [7, 11) is 0. The summed E-state index contributed by atoms with van der Waals surface area (Å²) in [6.07, 6.45) is 0. The lowest BCUT2D eigenvalue weighted by Gasteiger charge is -2.26. The summed E-state index contributed by atoms with van der Waals surface area (Å²) in [4.78, 5) is 10.8. The first-order valence-corrected chi connectivity index (χ1v) is 7.18. The van der Waals surface area contributed by atoms with Crippen LogP contribution in [0.15, 0.2) is 48.5 Å². The highest BCUT2D eigenvalue weighted by Crippen LogP contribution is 2.24. The number of rotatable bonds is 6. The van der Waals surface area contributed by atoms with E-state index in [2.05, 4.69) is 5.32 Å². The van der Waals surface area contributed by atoms with Crippen molar-refractivity contribution in [3.8, 4) is 0 Å². The monoisotopic (exact) mass is 301 g/mol. The van der Waals surface area contributed by atoms with E-state index in [9.17, 15) is 9.18 Å². The Hall–Kier alpha value is -2.20. The Kier molecular flexibility index (Phi) is 4.93. The summed E-state index contributed by atoms with van der Waals surface area (Å²) in [6, 6.07) is 13.5. The zero-order valence-corrected chi connectivity index (χ0v) is 12.8. The van der Waals surface area contributed by atoms with Crippen LogP contribution in [0.25, 0.3) is 0 Å². The van der Waals surface area contributed by atoms with Crippen LogP contribution in [0.5, 0.6) is 0 Å². The number of halogens is 1. The third-order valence-electron chi connectivity index (χ3n) is 3.70. The van der Waals surface area contributed by atoms with Crippen molar-refractivity contribution >= 4 is 5.97 Å². The third kappa shape index (κ3) is 3.92. The molecule has 2 aromatic carbocycles. The number of carboxylic acids is 1. The summed E-state index contributed by atoms with van der Waals surface area (Å²) < 4.78 is 13.9. The van der Waals surface area contributed by atoms with E-state index in [0.29, 0.717) is 18.7 Å². The molecule has 0 aliphatic rings. The van der Waals surface area contributed by atoms with Crippen molar-refractivity contribution in [1.29, 1.82) is 0 Å². The Morgan fingerprint density at radius 2 is 1.77 bits per heavy atom. The molecule has 2 aromatic rings. The topological polar surface area (TPSA) is 49.3 Å². The molecule has 0 saturated heterocycles. The van der Waals surface area contributed by atoms with Crippen LogP contribution in [0.2, 0.25) is 0 Å². The molecule has 4 heteroatoms. The summed E-state index contributed by atoms with van der Waals surface area (Å²) in [6.45, 7) is 5.21. The van der Waals surface area contributed by atoms with Crippen LogP contribution in [0.4, 0.5) is 4.39 Å². The number of hydrogen-bond donors (Lipinski definition) is 2. The molecule has 0 aliphatic carbocycles. The van der Waals surface area contributed by atoms with Crippen LogP contribution in [0, 0.1) is 5.82 Å². The van der Waals surface area contributed by atoms with Gasteiger partial charge in [0.1, 0.15) is 5.82 Å². The minimum absolute atomic E-state index is 0.194. The van der Waals surface area contributed by atoms with E-state index < -0.39 is 5.97 Å². The van der Waals surface area contributed by atoms with Gasteiger partial charge in [-0.15, -0.1) is 0 Å². The number of aromatic carboxylic acids is 1. The molecule has 0 unspecified atom stereocenters. The minimum atomic E-state index is -0.930. The second kappa shape index (κ2) is 6.71. The molecule has 0 spiro atoms.